The van der Waals surface area contributed by atoms with Gasteiger partial charge in [0.25, 0.3) is 0 Å². The summed E-state index contributed by atoms with van der Waals surface area (Å²) in [5.74, 6) is 0.216. The summed E-state index contributed by atoms with van der Waals surface area (Å²) in [6.45, 7) is 2.18. The first kappa shape index (κ1) is 28.1. The fraction of sp³-hybridized carbons (Fsp3) is 1.00. The monoisotopic (exact) mass is 440 g/mol. The van der Waals surface area contributed by atoms with E-state index in [4.69, 9.17) is 38.0 Å². The van der Waals surface area contributed by atoms with Crippen molar-refractivity contribution in [2.75, 3.05) is 42.7 Å². The fourth-order valence-electron chi connectivity index (χ4n) is 3.62. The van der Waals surface area contributed by atoms with Crippen molar-refractivity contribution in [1.82, 2.24) is 0 Å². The van der Waals surface area contributed by atoms with Gasteiger partial charge >= 0.3 is 17.6 Å². The molecule has 0 saturated heterocycles. The molecular formula is C18H44N2O6Si2. The summed E-state index contributed by atoms with van der Waals surface area (Å²) in [7, 11) is 4.63. The van der Waals surface area contributed by atoms with Gasteiger partial charge in [0, 0.05) is 54.7 Å². The summed E-state index contributed by atoms with van der Waals surface area (Å²) in [4.78, 5) is 0. The van der Waals surface area contributed by atoms with E-state index < -0.39 is 23.3 Å². The maximum Gasteiger partial charge on any atom is 0.500 e. The van der Waals surface area contributed by atoms with Gasteiger partial charge in [-0.15, -0.1) is 0 Å². The molecule has 1 unspecified atom stereocenters. The zero-order chi connectivity index (χ0) is 21.7. The molecule has 0 aromatic rings. The number of hydrogen-bond donors (Lipinski definition) is 2. The molecule has 1 atom stereocenters. The smallest absolute Gasteiger partial charge is 0.377 e. The van der Waals surface area contributed by atoms with E-state index >= 15 is 0 Å². The van der Waals surface area contributed by atoms with E-state index in [0.717, 1.165) is 44.6 Å². The van der Waals surface area contributed by atoms with E-state index in [9.17, 15) is 0 Å². The summed E-state index contributed by atoms with van der Waals surface area (Å²) in [6.07, 6.45) is 6.53. The highest BCUT2D eigenvalue weighted by Gasteiger charge is 2.40. The van der Waals surface area contributed by atoms with E-state index in [1.54, 1.807) is 42.7 Å². The van der Waals surface area contributed by atoms with Crippen LogP contribution in [0.15, 0.2) is 0 Å². The molecule has 10 heteroatoms. The van der Waals surface area contributed by atoms with Crippen molar-refractivity contribution in [3.05, 3.63) is 0 Å². The Kier molecular flexibility index (Phi) is 14.2. The number of hydrogen-bond acceptors (Lipinski definition) is 8. The molecular weight excluding hydrogens is 396 g/mol. The van der Waals surface area contributed by atoms with Crippen LogP contribution in [0.2, 0.25) is 12.1 Å². The van der Waals surface area contributed by atoms with Crippen LogP contribution < -0.4 is 11.5 Å². The van der Waals surface area contributed by atoms with Gasteiger partial charge in [-0.3, -0.25) is 0 Å². The van der Waals surface area contributed by atoms with Crippen LogP contribution in [0.1, 0.15) is 51.9 Å². The molecule has 0 heterocycles. The van der Waals surface area contributed by atoms with E-state index in [1.807, 2.05) is 0 Å². The van der Waals surface area contributed by atoms with Crippen molar-refractivity contribution in [3.8, 4) is 0 Å². The summed E-state index contributed by atoms with van der Waals surface area (Å²) < 4.78 is 33.0. The standard InChI is InChI=1S/C18H44N2O6Si2/c1-8-9-12-17(13-10-15-27(21-2,22-3)23-4)18(19,20)14-11-16-28(24-5,25-6)26-7/h17H,8-16,19-20H2,1-7H3. The van der Waals surface area contributed by atoms with Crippen LogP contribution in [-0.2, 0) is 26.6 Å². The van der Waals surface area contributed by atoms with Gasteiger partial charge in [-0.2, -0.15) is 0 Å². The molecule has 0 spiro atoms. The minimum absolute atomic E-state index is 0.216. The molecule has 4 N–H and O–H groups in total. The Morgan fingerprint density at radius 2 is 1.07 bits per heavy atom. The minimum Gasteiger partial charge on any atom is -0.377 e. The van der Waals surface area contributed by atoms with Gasteiger partial charge in [-0.1, -0.05) is 19.8 Å². The van der Waals surface area contributed by atoms with E-state index in [2.05, 4.69) is 6.92 Å². The zero-order valence-electron chi connectivity index (χ0n) is 19.0. The third-order valence-corrected chi connectivity index (χ3v) is 11.3. The van der Waals surface area contributed by atoms with Crippen LogP contribution in [0.3, 0.4) is 0 Å². The minimum atomic E-state index is -2.60. The van der Waals surface area contributed by atoms with Gasteiger partial charge in [0.05, 0.1) is 5.66 Å². The third-order valence-electron chi connectivity index (χ3n) is 5.66. The predicted molar refractivity (Wildman–Crippen MR) is 116 cm³/mol. The normalized spacial score (nSPS) is 14.5. The van der Waals surface area contributed by atoms with Gasteiger partial charge in [-0.25, -0.2) is 0 Å². The Labute approximate surface area is 174 Å². The predicted octanol–water partition coefficient (Wildman–Crippen LogP) is 2.72. The van der Waals surface area contributed by atoms with Crippen molar-refractivity contribution in [2.45, 2.75) is 69.6 Å². The molecule has 0 aromatic heterocycles. The number of unbranched alkanes of at least 4 members (excludes halogenated alkanes) is 1. The Hall–Kier alpha value is 0.114. The zero-order valence-corrected chi connectivity index (χ0v) is 21.0. The van der Waals surface area contributed by atoms with Crippen LogP contribution in [-0.4, -0.2) is 65.9 Å². The molecule has 170 valence electrons. The molecule has 0 aromatic carbocycles. The molecule has 0 rings (SSSR count). The van der Waals surface area contributed by atoms with Crippen molar-refractivity contribution in [1.29, 1.82) is 0 Å². The molecule has 0 fully saturated rings. The summed E-state index contributed by atoms with van der Waals surface area (Å²) in [5, 5.41) is 0. The van der Waals surface area contributed by atoms with Crippen molar-refractivity contribution >= 4 is 17.6 Å². The lowest BCUT2D eigenvalue weighted by atomic mass is 9.83. The Balaban J connectivity index is 4.86. The average molecular weight is 441 g/mol. The lowest BCUT2D eigenvalue weighted by Crippen LogP contribution is -2.56. The Morgan fingerprint density at radius 3 is 1.46 bits per heavy atom. The van der Waals surface area contributed by atoms with Gasteiger partial charge in [0.1, 0.15) is 0 Å². The highest BCUT2D eigenvalue weighted by atomic mass is 28.4. The van der Waals surface area contributed by atoms with E-state index in [0.29, 0.717) is 12.5 Å². The quantitative estimate of drug-likeness (QED) is 0.247. The first-order valence-corrected chi connectivity index (χ1v) is 14.0. The maximum atomic E-state index is 6.59. The summed E-state index contributed by atoms with van der Waals surface area (Å²) >= 11 is 0. The molecule has 0 aliphatic rings. The second-order valence-corrected chi connectivity index (χ2v) is 13.5. The Morgan fingerprint density at radius 1 is 0.679 bits per heavy atom. The van der Waals surface area contributed by atoms with Crippen LogP contribution in [0.25, 0.3) is 0 Å². The third kappa shape index (κ3) is 8.86. The molecule has 0 bridgehead atoms. The summed E-state index contributed by atoms with van der Waals surface area (Å²) in [5.41, 5.74) is 12.4. The fourth-order valence-corrected chi connectivity index (χ4v) is 7.10. The first-order chi connectivity index (χ1) is 13.2. The highest BCUT2D eigenvalue weighted by molar-refractivity contribution is 6.60. The second kappa shape index (κ2) is 14.2. The van der Waals surface area contributed by atoms with Crippen molar-refractivity contribution in [2.24, 2.45) is 17.4 Å². The molecule has 0 aliphatic carbocycles. The van der Waals surface area contributed by atoms with Crippen LogP contribution >= 0.6 is 0 Å². The molecule has 8 nitrogen and oxygen atoms in total. The SMILES string of the molecule is CCCCC(CCC[Si](OC)(OC)OC)C(N)(N)CCC[Si](OC)(OC)OC. The Bertz CT molecular complexity index is 380. The van der Waals surface area contributed by atoms with Gasteiger partial charge in [0.15, 0.2) is 0 Å². The lowest BCUT2D eigenvalue weighted by molar-refractivity contribution is 0.118. The van der Waals surface area contributed by atoms with Gasteiger partial charge in [0.2, 0.25) is 0 Å². The largest absolute Gasteiger partial charge is 0.500 e. The number of rotatable bonds is 18. The van der Waals surface area contributed by atoms with Crippen LogP contribution in [0.5, 0.6) is 0 Å². The van der Waals surface area contributed by atoms with E-state index in [1.165, 1.54) is 0 Å². The maximum absolute atomic E-state index is 6.59. The van der Waals surface area contributed by atoms with Gasteiger partial charge < -0.3 is 38.0 Å². The average Bonchev–Trinajstić information content (AvgIpc) is 2.71. The summed E-state index contributed by atoms with van der Waals surface area (Å²) in [6, 6.07) is 1.45. The van der Waals surface area contributed by atoms with Crippen molar-refractivity contribution in [3.63, 3.8) is 0 Å². The first-order valence-electron chi connectivity index (χ1n) is 10.1. The molecule has 28 heavy (non-hydrogen) atoms. The van der Waals surface area contributed by atoms with E-state index in [-0.39, 0.29) is 5.92 Å². The molecule has 0 saturated carbocycles. The number of nitrogens with two attached hydrogens (primary N) is 2. The van der Waals surface area contributed by atoms with Crippen molar-refractivity contribution < 1.29 is 26.6 Å². The topological polar surface area (TPSA) is 107 Å². The molecule has 0 aliphatic heterocycles. The van der Waals surface area contributed by atoms with Gasteiger partial charge in [-0.05, 0) is 38.0 Å². The second-order valence-electron chi connectivity index (χ2n) is 7.29. The molecule has 0 radical (unpaired) electrons. The molecule has 0 amide bonds. The van der Waals surface area contributed by atoms with Crippen LogP contribution in [0, 0.1) is 5.92 Å². The van der Waals surface area contributed by atoms with Crippen LogP contribution in [0.4, 0.5) is 0 Å². The highest BCUT2D eigenvalue weighted by Crippen LogP contribution is 2.30. The lowest BCUT2D eigenvalue weighted by Gasteiger charge is -2.36.